The molecular formula is C36H25N6Pt+. The van der Waals surface area contributed by atoms with Crippen LogP contribution in [-0.2, 0) is 28.1 Å². The second-order valence-electron chi connectivity index (χ2n) is 10.8. The second-order valence-corrected chi connectivity index (χ2v) is 10.8. The standard InChI is InChI=1S/C36H25N6.Pt/c1-37-19-20-39(23-37)25-9-7-10-27(21-25)41-34-16-8-12-29-28-11-3-4-13-30(28)42(36(29)34)33-18-17-26(22-35(33)41)40-24-38(2)31-14-5-6-15-32(31)40;/h3-20,24H,1-2H3;/q-3;+4. The summed E-state index contributed by atoms with van der Waals surface area (Å²) in [6, 6.07) is 41.9. The van der Waals surface area contributed by atoms with Crippen LogP contribution >= 0.6 is 0 Å². The summed E-state index contributed by atoms with van der Waals surface area (Å²) in [4.78, 5) is 6.68. The fraction of sp³-hybridized carbons (Fsp3) is 0.0556. The number of imidazole rings is 1. The summed E-state index contributed by atoms with van der Waals surface area (Å²) in [6.07, 6.45) is 7.29. The molecule has 0 atom stereocenters. The van der Waals surface area contributed by atoms with Crippen LogP contribution in [0.2, 0.25) is 0 Å². The van der Waals surface area contributed by atoms with Gasteiger partial charge in [0.25, 0.3) is 0 Å². The fourth-order valence-corrected chi connectivity index (χ4v) is 6.47. The normalized spacial score (nSPS) is 13.4. The summed E-state index contributed by atoms with van der Waals surface area (Å²) in [5, 5.41) is 2.47. The summed E-state index contributed by atoms with van der Waals surface area (Å²) in [7, 11) is 4.06. The van der Waals surface area contributed by atoms with Gasteiger partial charge in [0, 0.05) is 40.1 Å². The molecule has 0 unspecified atom stereocenters. The summed E-state index contributed by atoms with van der Waals surface area (Å²) in [6.45, 7) is 2.13. The Hall–Kier alpha value is -4.80. The van der Waals surface area contributed by atoms with Gasteiger partial charge in [-0.15, -0.1) is 30.0 Å². The average Bonchev–Trinajstić information content (AvgIpc) is 3.72. The van der Waals surface area contributed by atoms with E-state index in [9.17, 15) is 0 Å². The van der Waals surface area contributed by atoms with Crippen LogP contribution in [0.3, 0.4) is 0 Å². The fourth-order valence-electron chi connectivity index (χ4n) is 6.47. The van der Waals surface area contributed by atoms with Gasteiger partial charge in [-0.2, -0.15) is 24.9 Å². The molecule has 6 nitrogen and oxygen atoms in total. The minimum Gasteiger partial charge on any atom is -0.504 e. The molecule has 2 aromatic heterocycles. The third-order valence-electron chi connectivity index (χ3n) is 8.31. The zero-order chi connectivity index (χ0) is 27.9. The van der Waals surface area contributed by atoms with Gasteiger partial charge in [-0.05, 0) is 42.7 Å². The van der Waals surface area contributed by atoms with Gasteiger partial charge in [0.1, 0.15) is 0 Å². The van der Waals surface area contributed by atoms with E-state index in [-0.39, 0.29) is 21.1 Å². The second kappa shape index (κ2) is 9.62. The summed E-state index contributed by atoms with van der Waals surface area (Å²) < 4.78 is 6.28. The van der Waals surface area contributed by atoms with Gasteiger partial charge < -0.3 is 28.4 Å². The van der Waals surface area contributed by atoms with E-state index in [1.807, 2.05) is 28.6 Å². The van der Waals surface area contributed by atoms with Crippen LogP contribution in [0.4, 0.5) is 34.1 Å². The zero-order valence-electron chi connectivity index (χ0n) is 23.5. The first-order valence-electron chi connectivity index (χ1n) is 14.0. The topological polar surface area (TPSA) is 23.5 Å². The molecule has 0 N–H and O–H groups in total. The number of para-hydroxylation sites is 4. The molecule has 5 aromatic carbocycles. The van der Waals surface area contributed by atoms with E-state index >= 15 is 0 Å². The van der Waals surface area contributed by atoms with Gasteiger partial charge in [0.05, 0.1) is 18.3 Å². The Morgan fingerprint density at radius 1 is 0.674 bits per heavy atom. The Bertz CT molecular complexity index is 2190. The molecule has 7 aromatic rings. The van der Waals surface area contributed by atoms with Crippen LogP contribution < -0.4 is 19.3 Å². The van der Waals surface area contributed by atoms with E-state index in [0.717, 1.165) is 39.8 Å². The van der Waals surface area contributed by atoms with Crippen molar-refractivity contribution < 1.29 is 25.6 Å². The molecule has 0 fully saturated rings. The van der Waals surface area contributed by atoms with E-state index in [0.29, 0.717) is 0 Å². The van der Waals surface area contributed by atoms with Crippen molar-refractivity contribution in [2.45, 2.75) is 0 Å². The maximum Gasteiger partial charge on any atom is 4.00 e. The molecule has 0 aliphatic carbocycles. The van der Waals surface area contributed by atoms with Gasteiger partial charge in [-0.1, -0.05) is 53.8 Å². The molecule has 0 saturated heterocycles. The minimum absolute atomic E-state index is 0. The molecule has 0 bridgehead atoms. The molecule has 7 heteroatoms. The molecule has 208 valence electrons. The third-order valence-corrected chi connectivity index (χ3v) is 8.31. The number of benzene rings is 5. The van der Waals surface area contributed by atoms with Gasteiger partial charge in [0.2, 0.25) is 6.33 Å². The summed E-state index contributed by atoms with van der Waals surface area (Å²) in [5.41, 5.74) is 10.7. The first kappa shape index (κ1) is 25.9. The predicted octanol–water partition coefficient (Wildman–Crippen LogP) is 7.29. The Labute approximate surface area is 264 Å². The zero-order valence-corrected chi connectivity index (χ0v) is 25.7. The number of anilines is 6. The Morgan fingerprint density at radius 3 is 2.28 bits per heavy atom. The number of aromatic nitrogens is 3. The van der Waals surface area contributed by atoms with Gasteiger partial charge >= 0.3 is 21.1 Å². The van der Waals surface area contributed by atoms with Crippen LogP contribution in [0, 0.1) is 25.1 Å². The molecule has 0 amide bonds. The molecule has 2 aliphatic heterocycles. The molecule has 9 rings (SSSR count). The first-order chi connectivity index (χ1) is 20.7. The predicted molar refractivity (Wildman–Crippen MR) is 167 cm³/mol. The van der Waals surface area contributed by atoms with Crippen molar-refractivity contribution in [3.63, 3.8) is 0 Å². The van der Waals surface area contributed by atoms with E-state index in [4.69, 9.17) is 0 Å². The quantitative estimate of drug-likeness (QED) is 0.141. The SMILES string of the molecule is CN1[CH-]N(c2[c-]c3c(cc2)-n2c4ccccc4c4cccc(c42)N3c2[c-]c(-n3[c-][n+](C)cc3)ccc2)c2ccccc21.[Pt+4]. The van der Waals surface area contributed by atoms with E-state index in [2.05, 4.69) is 149 Å². The monoisotopic (exact) mass is 736 g/mol. The molecule has 0 spiro atoms. The Morgan fingerprint density at radius 2 is 1.42 bits per heavy atom. The Balaban J connectivity index is 0.00000278. The first-order valence-corrected chi connectivity index (χ1v) is 14.0. The van der Waals surface area contributed by atoms with Crippen molar-refractivity contribution in [2.24, 2.45) is 7.05 Å². The largest absolute Gasteiger partial charge is 4.00 e. The summed E-state index contributed by atoms with van der Waals surface area (Å²) in [5.74, 6) is 0. The van der Waals surface area contributed by atoms with E-state index in [1.54, 1.807) is 0 Å². The third kappa shape index (κ3) is 3.73. The van der Waals surface area contributed by atoms with E-state index in [1.165, 1.54) is 27.5 Å². The van der Waals surface area contributed by atoms with Crippen molar-refractivity contribution in [1.82, 2.24) is 9.13 Å². The number of nitrogens with zero attached hydrogens (tertiary/aromatic N) is 6. The number of hydrogen-bond donors (Lipinski definition) is 0. The van der Waals surface area contributed by atoms with Crippen LogP contribution in [0.1, 0.15) is 0 Å². The molecule has 0 radical (unpaired) electrons. The van der Waals surface area contributed by atoms with Gasteiger partial charge in [-0.3, -0.25) is 0 Å². The molecular weight excluding hydrogens is 712 g/mol. The van der Waals surface area contributed by atoms with Crippen molar-refractivity contribution in [2.75, 3.05) is 21.7 Å². The molecule has 4 heterocycles. The number of hydrogen-bond acceptors (Lipinski definition) is 3. The number of rotatable bonds is 3. The molecule has 2 aliphatic rings. The van der Waals surface area contributed by atoms with Gasteiger partial charge in [0.15, 0.2) is 0 Å². The van der Waals surface area contributed by atoms with Crippen LogP contribution in [0.5, 0.6) is 0 Å². The summed E-state index contributed by atoms with van der Waals surface area (Å²) >= 11 is 0. The van der Waals surface area contributed by atoms with Crippen molar-refractivity contribution >= 4 is 55.9 Å². The van der Waals surface area contributed by atoms with Crippen LogP contribution in [0.15, 0.2) is 109 Å². The maximum atomic E-state index is 3.85. The average molecular weight is 737 g/mol. The van der Waals surface area contributed by atoms with Crippen LogP contribution in [0.25, 0.3) is 33.2 Å². The molecule has 43 heavy (non-hydrogen) atoms. The van der Waals surface area contributed by atoms with Crippen molar-refractivity contribution in [1.29, 1.82) is 0 Å². The molecule has 0 saturated carbocycles. The van der Waals surface area contributed by atoms with Crippen LogP contribution in [-0.4, -0.2) is 16.2 Å². The van der Waals surface area contributed by atoms with E-state index < -0.39 is 0 Å². The number of aryl methyl sites for hydroxylation is 1. The van der Waals surface area contributed by atoms with Crippen molar-refractivity contribution in [3.8, 4) is 11.4 Å². The minimum atomic E-state index is 0. The van der Waals surface area contributed by atoms with Gasteiger partial charge in [-0.25, -0.2) is 0 Å². The maximum absolute atomic E-state index is 3.85. The van der Waals surface area contributed by atoms with Crippen molar-refractivity contribution in [3.05, 3.63) is 135 Å². The number of fused-ring (bicyclic) bond motifs is 6. The smallest absolute Gasteiger partial charge is 0.504 e. The Kier molecular flexibility index (Phi) is 5.79.